The number of carbonyl (C=O) groups excluding carboxylic acids is 2. The lowest BCUT2D eigenvalue weighted by Crippen LogP contribution is -2.41. The van der Waals surface area contributed by atoms with Crippen molar-refractivity contribution in [3.63, 3.8) is 0 Å². The minimum absolute atomic E-state index is 0.0225. The second-order valence-electron chi connectivity index (χ2n) is 12.0. The lowest BCUT2D eigenvalue weighted by Gasteiger charge is -2.24. The van der Waals surface area contributed by atoms with Crippen LogP contribution in [-0.2, 0) is 16.6 Å². The summed E-state index contributed by atoms with van der Waals surface area (Å²) in [6.07, 6.45) is 5.95. The van der Waals surface area contributed by atoms with E-state index in [9.17, 15) is 9.59 Å². The Morgan fingerprint density at radius 2 is 1.74 bits per heavy atom. The molecule has 2 aliphatic heterocycles. The number of amides is 2. The molecule has 4 aliphatic rings. The molecule has 1 aromatic heterocycles. The topological polar surface area (TPSA) is 70.8 Å². The molecule has 2 saturated carbocycles. The molecule has 200 valence electrons. The maximum atomic E-state index is 15.7. The summed E-state index contributed by atoms with van der Waals surface area (Å²) in [6, 6.07) is 15.1. The first-order valence-corrected chi connectivity index (χ1v) is 13.9. The Balaban J connectivity index is 1.11. The fraction of sp³-hybridized carbons (Fsp3) is 0.419. The van der Waals surface area contributed by atoms with Gasteiger partial charge < -0.3 is 4.90 Å². The zero-order chi connectivity index (χ0) is 26.9. The lowest BCUT2D eigenvalue weighted by atomic mass is 10.0. The molecule has 1 unspecified atom stereocenters. The molecule has 2 amide bonds. The fourth-order valence-electron chi connectivity index (χ4n) is 6.05. The first kappa shape index (κ1) is 24.2. The molecule has 0 bridgehead atoms. The molecule has 0 N–H and O–H groups in total. The average Bonchev–Trinajstić information content (AvgIpc) is 3.74. The van der Waals surface area contributed by atoms with Crippen molar-refractivity contribution < 1.29 is 14.0 Å². The van der Waals surface area contributed by atoms with E-state index >= 15 is 4.39 Å². The minimum Gasteiger partial charge on any atom is -0.342 e. The quantitative estimate of drug-likeness (QED) is 0.470. The number of aromatic nitrogens is 2. The number of likely N-dealkylation sites (tertiary alicyclic amines) is 1. The Morgan fingerprint density at radius 3 is 2.38 bits per heavy atom. The van der Waals surface area contributed by atoms with Gasteiger partial charge in [0.25, 0.3) is 5.91 Å². The van der Waals surface area contributed by atoms with E-state index in [-0.39, 0.29) is 29.0 Å². The van der Waals surface area contributed by atoms with Crippen LogP contribution in [0.2, 0.25) is 0 Å². The van der Waals surface area contributed by atoms with Crippen molar-refractivity contribution >= 4 is 17.6 Å². The van der Waals surface area contributed by atoms with Crippen LogP contribution in [0, 0.1) is 17.2 Å². The summed E-state index contributed by atoms with van der Waals surface area (Å²) in [4.78, 5) is 34.7. The summed E-state index contributed by atoms with van der Waals surface area (Å²) in [7, 11) is 1.90. The molecule has 2 aliphatic carbocycles. The highest BCUT2D eigenvalue weighted by molar-refractivity contribution is 6.16. The molecule has 1 saturated heterocycles. The number of carbonyl (C=O) groups is 2. The smallest absolute Gasteiger partial charge is 0.256 e. The molecule has 7 nitrogen and oxygen atoms in total. The van der Waals surface area contributed by atoms with Gasteiger partial charge in [0, 0.05) is 38.3 Å². The Kier molecular flexibility index (Phi) is 5.34. The maximum Gasteiger partial charge on any atom is 0.256 e. The van der Waals surface area contributed by atoms with E-state index in [1.165, 1.54) is 6.07 Å². The van der Waals surface area contributed by atoms with Crippen LogP contribution in [0.1, 0.15) is 44.6 Å². The lowest BCUT2D eigenvalue weighted by molar-refractivity contribution is -0.135. The second kappa shape index (κ2) is 8.60. The molecule has 1 atom stereocenters. The first-order valence-electron chi connectivity index (χ1n) is 13.9. The summed E-state index contributed by atoms with van der Waals surface area (Å²) in [5.74, 6) is 0.431. The molecule has 1 spiro atoms. The van der Waals surface area contributed by atoms with Gasteiger partial charge in [-0.2, -0.15) is 5.10 Å². The number of rotatable bonds is 6. The number of benzene rings is 2. The minimum atomic E-state index is -0.711. The Labute approximate surface area is 227 Å². The highest BCUT2D eigenvalue weighted by Crippen LogP contribution is 2.48. The Hall–Kier alpha value is -3.81. The van der Waals surface area contributed by atoms with Crippen LogP contribution in [0.5, 0.6) is 0 Å². The van der Waals surface area contributed by atoms with E-state index in [1.807, 2.05) is 60.0 Å². The van der Waals surface area contributed by atoms with Crippen molar-refractivity contribution in [2.45, 2.75) is 44.6 Å². The van der Waals surface area contributed by atoms with Gasteiger partial charge in [-0.05, 0) is 72.9 Å². The van der Waals surface area contributed by atoms with Crippen molar-refractivity contribution in [3.8, 4) is 22.4 Å². The van der Waals surface area contributed by atoms with E-state index < -0.39 is 5.54 Å². The van der Waals surface area contributed by atoms with Crippen LogP contribution in [0.3, 0.4) is 0 Å². The first-order chi connectivity index (χ1) is 18.8. The van der Waals surface area contributed by atoms with Gasteiger partial charge in [0.2, 0.25) is 5.91 Å². The van der Waals surface area contributed by atoms with Gasteiger partial charge in [-0.1, -0.05) is 37.3 Å². The Bertz CT molecular complexity index is 1520. The highest BCUT2D eigenvalue weighted by Gasteiger charge is 2.58. The predicted molar refractivity (Wildman–Crippen MR) is 146 cm³/mol. The van der Waals surface area contributed by atoms with Crippen LogP contribution in [-0.4, -0.2) is 62.4 Å². The van der Waals surface area contributed by atoms with E-state index in [2.05, 4.69) is 5.10 Å². The van der Waals surface area contributed by atoms with Crippen molar-refractivity contribution in [1.82, 2.24) is 19.6 Å². The second-order valence-corrected chi connectivity index (χ2v) is 12.0. The molecule has 3 fully saturated rings. The summed E-state index contributed by atoms with van der Waals surface area (Å²) < 4.78 is 17.5. The van der Waals surface area contributed by atoms with E-state index in [0.717, 1.165) is 48.2 Å². The third kappa shape index (κ3) is 4.08. The molecule has 3 aromatic rings. The van der Waals surface area contributed by atoms with Gasteiger partial charge in [-0.25, -0.2) is 4.39 Å². The van der Waals surface area contributed by atoms with Crippen molar-refractivity contribution in [3.05, 3.63) is 66.1 Å². The zero-order valence-corrected chi connectivity index (χ0v) is 22.4. The largest absolute Gasteiger partial charge is 0.342 e. The monoisotopic (exact) mass is 525 g/mol. The third-order valence-corrected chi connectivity index (χ3v) is 9.02. The fourth-order valence-corrected chi connectivity index (χ4v) is 6.05. The average molecular weight is 526 g/mol. The molecule has 0 radical (unpaired) electrons. The standard InChI is InChI=1S/C31H32FN5O2/c1-30(11-12-30)28(38)36-16-10-20(18-36)19-37-27(34-31(13-14-31)29(37)39)24-8-7-23(17-25(24)32)21-3-5-22(6-4-21)26-9-15-33-35(26)2/h3-9,15,17,20H,10-14,16,18-19H2,1-2H3. The number of aryl methyl sites for hydroxylation is 1. The van der Waals surface area contributed by atoms with Crippen LogP contribution < -0.4 is 0 Å². The van der Waals surface area contributed by atoms with Gasteiger partial charge in [-0.3, -0.25) is 24.2 Å². The normalized spacial score (nSPS) is 22.5. The van der Waals surface area contributed by atoms with Crippen LogP contribution in [0.4, 0.5) is 4.39 Å². The van der Waals surface area contributed by atoms with Crippen molar-refractivity contribution in [2.75, 3.05) is 19.6 Å². The van der Waals surface area contributed by atoms with Crippen LogP contribution in [0.25, 0.3) is 22.4 Å². The molecular weight excluding hydrogens is 493 g/mol. The number of halogens is 1. The van der Waals surface area contributed by atoms with E-state index in [4.69, 9.17) is 4.99 Å². The summed E-state index contributed by atoms with van der Waals surface area (Å²) in [5, 5.41) is 4.22. The van der Waals surface area contributed by atoms with Gasteiger partial charge in [-0.15, -0.1) is 0 Å². The number of hydrogen-bond acceptors (Lipinski definition) is 4. The highest BCUT2D eigenvalue weighted by atomic mass is 19.1. The molecular formula is C31H32FN5O2. The molecule has 2 aromatic carbocycles. The SMILES string of the molecule is Cn1nccc1-c1ccc(-c2ccc(C3=NC4(CC4)C(=O)N3CC3CCN(C(=O)C4(C)CC4)C3)c(F)c2)cc1. The maximum absolute atomic E-state index is 15.7. The van der Waals surface area contributed by atoms with Gasteiger partial charge >= 0.3 is 0 Å². The summed E-state index contributed by atoms with van der Waals surface area (Å²) >= 11 is 0. The molecule has 39 heavy (non-hydrogen) atoms. The molecule has 8 heteroatoms. The molecule has 3 heterocycles. The Morgan fingerprint density at radius 1 is 1.03 bits per heavy atom. The molecule has 7 rings (SSSR count). The zero-order valence-electron chi connectivity index (χ0n) is 22.4. The van der Waals surface area contributed by atoms with Crippen molar-refractivity contribution in [2.24, 2.45) is 23.4 Å². The number of aliphatic imine (C=N–C) groups is 1. The van der Waals surface area contributed by atoms with Gasteiger partial charge in [0.1, 0.15) is 17.2 Å². The summed E-state index contributed by atoms with van der Waals surface area (Å²) in [6.45, 7) is 3.88. The number of nitrogens with zero attached hydrogens (tertiary/aromatic N) is 5. The van der Waals surface area contributed by atoms with Gasteiger partial charge in [0.05, 0.1) is 11.3 Å². The summed E-state index contributed by atoms with van der Waals surface area (Å²) in [5.41, 5.74) is 3.19. The van der Waals surface area contributed by atoms with Crippen LogP contribution in [0.15, 0.2) is 59.7 Å². The number of hydrogen-bond donors (Lipinski definition) is 0. The van der Waals surface area contributed by atoms with Crippen molar-refractivity contribution in [1.29, 1.82) is 0 Å². The van der Waals surface area contributed by atoms with Crippen LogP contribution >= 0.6 is 0 Å². The van der Waals surface area contributed by atoms with E-state index in [1.54, 1.807) is 17.2 Å². The number of amidine groups is 1. The third-order valence-electron chi connectivity index (χ3n) is 9.02. The van der Waals surface area contributed by atoms with E-state index in [0.29, 0.717) is 37.3 Å². The predicted octanol–water partition coefficient (Wildman–Crippen LogP) is 4.66. The van der Waals surface area contributed by atoms with Gasteiger partial charge in [0.15, 0.2) is 0 Å².